The predicted molar refractivity (Wildman–Crippen MR) is 154 cm³/mol. The normalized spacial score (nSPS) is 10.5. The number of amides is 3. The highest BCUT2D eigenvalue weighted by molar-refractivity contribution is 6.40. The lowest BCUT2D eigenvalue weighted by Crippen LogP contribution is -2.33. The smallest absolute Gasteiger partial charge is 0.346 e. The topological polar surface area (TPSA) is 135 Å². The van der Waals surface area contributed by atoms with E-state index in [0.29, 0.717) is 23.6 Å². The predicted octanol–water partition coefficient (Wildman–Crippen LogP) is 4.78. The van der Waals surface area contributed by atoms with Gasteiger partial charge in [0.25, 0.3) is 5.91 Å². The Bertz CT molecular complexity index is 1620. The number of hydrazone groups is 1. The van der Waals surface area contributed by atoms with Gasteiger partial charge in [0.15, 0.2) is 0 Å². The van der Waals surface area contributed by atoms with Crippen molar-refractivity contribution in [1.82, 2.24) is 5.43 Å². The summed E-state index contributed by atoms with van der Waals surface area (Å²) in [5.74, 6) is -3.29. The molecule has 0 saturated carbocycles. The second-order valence-corrected chi connectivity index (χ2v) is 8.55. The number of para-hydroxylation sites is 1. The maximum atomic E-state index is 13.8. The van der Waals surface area contributed by atoms with Crippen molar-refractivity contribution >= 4 is 41.3 Å². The molecule has 0 spiro atoms. The highest BCUT2D eigenvalue weighted by Crippen LogP contribution is 2.20. The van der Waals surface area contributed by atoms with Crippen molar-refractivity contribution in [2.45, 2.75) is 6.92 Å². The van der Waals surface area contributed by atoms with Crippen molar-refractivity contribution in [3.8, 4) is 11.5 Å². The fourth-order valence-electron chi connectivity index (χ4n) is 3.60. The number of nitrogens with zero attached hydrogens (tertiary/aromatic N) is 1. The Hall–Kier alpha value is -5.84. The molecule has 0 aliphatic rings. The number of ether oxygens (including phenoxy) is 2. The fraction of sp³-hybridized carbons (Fsp3) is 0.0645. The minimum absolute atomic E-state index is 0.130. The molecule has 0 saturated heterocycles. The van der Waals surface area contributed by atoms with E-state index >= 15 is 0 Å². The van der Waals surface area contributed by atoms with Gasteiger partial charge in [0.05, 0.1) is 29.6 Å². The third-order valence-corrected chi connectivity index (χ3v) is 5.61. The van der Waals surface area contributed by atoms with Gasteiger partial charge in [0, 0.05) is 5.69 Å². The number of benzene rings is 4. The van der Waals surface area contributed by atoms with E-state index in [1.807, 2.05) is 6.92 Å². The molecule has 212 valence electrons. The molecule has 4 rings (SSSR count). The van der Waals surface area contributed by atoms with E-state index in [1.54, 1.807) is 48.5 Å². The summed E-state index contributed by atoms with van der Waals surface area (Å²) in [5.41, 5.74) is 3.22. The SMILES string of the molecule is CCOc1ccc(NC(=O)c2ccccc2NC(=O)C(=O)N/N=C/c2ccc(OC(=O)c3ccccc3F)cc2)cc1. The Morgan fingerprint density at radius 2 is 1.40 bits per heavy atom. The Morgan fingerprint density at radius 3 is 2.10 bits per heavy atom. The molecule has 0 aliphatic heterocycles. The maximum absolute atomic E-state index is 13.8. The van der Waals surface area contributed by atoms with Gasteiger partial charge in [0.2, 0.25) is 0 Å². The zero-order chi connectivity index (χ0) is 29.9. The molecule has 0 bridgehead atoms. The molecule has 0 radical (unpaired) electrons. The van der Waals surface area contributed by atoms with Gasteiger partial charge in [-0.2, -0.15) is 5.10 Å². The van der Waals surface area contributed by atoms with Gasteiger partial charge in [-0.3, -0.25) is 14.4 Å². The molecule has 0 fully saturated rings. The first-order chi connectivity index (χ1) is 20.3. The number of nitrogens with one attached hydrogen (secondary N) is 3. The van der Waals surface area contributed by atoms with Crippen LogP contribution in [0.5, 0.6) is 11.5 Å². The summed E-state index contributed by atoms with van der Waals surface area (Å²) in [5, 5.41) is 8.90. The zero-order valence-corrected chi connectivity index (χ0v) is 22.3. The zero-order valence-electron chi connectivity index (χ0n) is 22.3. The first kappa shape index (κ1) is 29.2. The van der Waals surface area contributed by atoms with Gasteiger partial charge < -0.3 is 20.1 Å². The van der Waals surface area contributed by atoms with Gasteiger partial charge in [-0.1, -0.05) is 24.3 Å². The number of hydrogen-bond donors (Lipinski definition) is 3. The van der Waals surface area contributed by atoms with Crippen LogP contribution in [-0.4, -0.2) is 36.5 Å². The van der Waals surface area contributed by atoms with Crippen LogP contribution in [0.2, 0.25) is 0 Å². The summed E-state index contributed by atoms with van der Waals surface area (Å²) in [6, 6.07) is 24.5. The van der Waals surface area contributed by atoms with Gasteiger partial charge >= 0.3 is 17.8 Å². The standard InChI is InChI=1S/C31H25FN4O6/c1-2-41-22-17-13-21(14-18-22)34-28(37)25-8-4-6-10-27(25)35-29(38)30(39)36-33-19-20-11-15-23(16-12-20)42-31(40)24-7-3-5-9-26(24)32/h3-19H,2H2,1H3,(H,34,37)(H,35,38)(H,36,39)/b33-19+. The van der Waals surface area contributed by atoms with Gasteiger partial charge in [-0.25, -0.2) is 14.6 Å². The van der Waals surface area contributed by atoms with E-state index in [1.165, 1.54) is 48.7 Å². The lowest BCUT2D eigenvalue weighted by molar-refractivity contribution is -0.136. The van der Waals surface area contributed by atoms with Crippen molar-refractivity contribution in [3.05, 3.63) is 120 Å². The van der Waals surface area contributed by atoms with E-state index in [-0.39, 0.29) is 22.6 Å². The minimum Gasteiger partial charge on any atom is -0.494 e. The summed E-state index contributed by atoms with van der Waals surface area (Å²) < 4.78 is 24.3. The lowest BCUT2D eigenvalue weighted by Gasteiger charge is -2.11. The molecule has 0 aliphatic carbocycles. The van der Waals surface area contributed by atoms with Crippen molar-refractivity contribution in [1.29, 1.82) is 0 Å². The molecule has 0 unspecified atom stereocenters. The van der Waals surface area contributed by atoms with Gasteiger partial charge in [-0.05, 0) is 85.3 Å². The van der Waals surface area contributed by atoms with Crippen LogP contribution in [0, 0.1) is 5.82 Å². The number of anilines is 2. The molecular formula is C31H25FN4O6. The van der Waals surface area contributed by atoms with Crippen LogP contribution in [-0.2, 0) is 9.59 Å². The van der Waals surface area contributed by atoms with Crippen LogP contribution in [0.1, 0.15) is 33.2 Å². The van der Waals surface area contributed by atoms with E-state index in [0.717, 1.165) is 6.07 Å². The van der Waals surface area contributed by atoms with E-state index in [9.17, 15) is 23.6 Å². The maximum Gasteiger partial charge on any atom is 0.346 e. The van der Waals surface area contributed by atoms with E-state index < -0.39 is 29.5 Å². The van der Waals surface area contributed by atoms with Gasteiger partial charge in [-0.15, -0.1) is 0 Å². The van der Waals surface area contributed by atoms with Crippen molar-refractivity contribution in [2.75, 3.05) is 17.2 Å². The quantitative estimate of drug-likeness (QED) is 0.0874. The number of carbonyl (C=O) groups is 4. The second kappa shape index (κ2) is 14.0. The molecule has 11 heteroatoms. The number of carbonyl (C=O) groups excluding carboxylic acids is 4. The Labute approximate surface area is 240 Å². The summed E-state index contributed by atoms with van der Waals surface area (Å²) in [6.45, 7) is 2.38. The molecule has 0 atom stereocenters. The molecule has 10 nitrogen and oxygen atoms in total. The largest absolute Gasteiger partial charge is 0.494 e. The van der Waals surface area contributed by atoms with Crippen LogP contribution >= 0.6 is 0 Å². The van der Waals surface area contributed by atoms with Crippen LogP contribution in [0.4, 0.5) is 15.8 Å². The van der Waals surface area contributed by atoms with Crippen molar-refractivity contribution < 1.29 is 33.0 Å². The molecule has 4 aromatic carbocycles. The summed E-state index contributed by atoms with van der Waals surface area (Å²) in [6.07, 6.45) is 1.27. The average molecular weight is 569 g/mol. The first-order valence-electron chi connectivity index (χ1n) is 12.7. The van der Waals surface area contributed by atoms with Crippen molar-refractivity contribution in [2.24, 2.45) is 5.10 Å². The fourth-order valence-corrected chi connectivity index (χ4v) is 3.60. The van der Waals surface area contributed by atoms with E-state index in [2.05, 4.69) is 21.2 Å². The van der Waals surface area contributed by atoms with Crippen LogP contribution in [0.15, 0.2) is 102 Å². The highest BCUT2D eigenvalue weighted by atomic mass is 19.1. The minimum atomic E-state index is -1.07. The molecule has 3 N–H and O–H groups in total. The molecule has 42 heavy (non-hydrogen) atoms. The number of hydrogen-bond acceptors (Lipinski definition) is 7. The molecule has 3 amide bonds. The molecule has 0 aromatic heterocycles. The van der Waals surface area contributed by atoms with E-state index in [4.69, 9.17) is 9.47 Å². The molecular weight excluding hydrogens is 543 g/mol. The average Bonchev–Trinajstić information content (AvgIpc) is 2.99. The highest BCUT2D eigenvalue weighted by Gasteiger charge is 2.18. The summed E-state index contributed by atoms with van der Waals surface area (Å²) in [4.78, 5) is 49.7. The van der Waals surface area contributed by atoms with Gasteiger partial charge in [0.1, 0.15) is 17.3 Å². The number of rotatable bonds is 9. The van der Waals surface area contributed by atoms with Crippen LogP contribution < -0.4 is 25.5 Å². The summed E-state index contributed by atoms with van der Waals surface area (Å²) >= 11 is 0. The third-order valence-electron chi connectivity index (χ3n) is 5.61. The van der Waals surface area contributed by atoms with Crippen LogP contribution in [0.3, 0.4) is 0 Å². The van der Waals surface area contributed by atoms with Crippen LogP contribution in [0.25, 0.3) is 0 Å². The Kier molecular flexibility index (Phi) is 9.71. The Balaban J connectivity index is 1.30. The summed E-state index contributed by atoms with van der Waals surface area (Å²) in [7, 11) is 0. The molecule has 0 heterocycles. The van der Waals surface area contributed by atoms with Crippen molar-refractivity contribution in [3.63, 3.8) is 0 Å². The number of esters is 1. The molecule has 4 aromatic rings. The third kappa shape index (κ3) is 7.85. The lowest BCUT2D eigenvalue weighted by atomic mass is 10.1. The first-order valence-corrected chi connectivity index (χ1v) is 12.7. The number of halogens is 1. The monoisotopic (exact) mass is 568 g/mol. The Morgan fingerprint density at radius 1 is 0.762 bits per heavy atom. The second-order valence-electron chi connectivity index (χ2n) is 8.55.